The van der Waals surface area contributed by atoms with Gasteiger partial charge in [-0.05, 0) is 22.8 Å². The molecule has 6 heteroatoms. The van der Waals surface area contributed by atoms with Gasteiger partial charge in [0.15, 0.2) is 18.9 Å². The fourth-order valence-electron chi connectivity index (χ4n) is 3.25. The van der Waals surface area contributed by atoms with Crippen LogP contribution in [-0.2, 0) is 17.8 Å². The summed E-state index contributed by atoms with van der Waals surface area (Å²) in [6.45, 7) is 0.963. The van der Waals surface area contributed by atoms with Crippen molar-refractivity contribution in [3.63, 3.8) is 0 Å². The van der Waals surface area contributed by atoms with E-state index in [1.165, 1.54) is 27.8 Å². The number of hydrogen-bond acceptors (Lipinski definition) is 1. The topological polar surface area (TPSA) is 41.2 Å². The first-order chi connectivity index (χ1) is 15.8. The predicted octanol–water partition coefficient (Wildman–Crippen LogP) is 6.18. The molecule has 1 heterocycles. The third kappa shape index (κ3) is 7.31. The molecule has 0 aliphatic carbocycles. The van der Waals surface area contributed by atoms with Crippen molar-refractivity contribution in [3.8, 4) is 22.3 Å². The van der Waals surface area contributed by atoms with Gasteiger partial charge in [-0.1, -0.05) is 91.0 Å². The number of nitrogens with zero attached hydrogens (tertiary/aromatic N) is 1. The van der Waals surface area contributed by atoms with Crippen LogP contribution in [0.15, 0.2) is 109 Å². The van der Waals surface area contributed by atoms with Crippen molar-refractivity contribution >= 4 is 5.97 Å². The summed E-state index contributed by atoms with van der Waals surface area (Å²) in [5.74, 6) is -2.76. The fraction of sp³-hybridized carbons (Fsp3) is 0.111. The van der Waals surface area contributed by atoms with Crippen LogP contribution in [0.4, 0.5) is 13.2 Å². The average molecular weight is 450 g/mol. The van der Waals surface area contributed by atoms with Gasteiger partial charge >= 0.3 is 12.1 Å². The molecule has 0 aliphatic heterocycles. The molecule has 0 saturated heterocycles. The quantitative estimate of drug-likeness (QED) is 0.369. The predicted molar refractivity (Wildman–Crippen MR) is 121 cm³/mol. The molecule has 0 spiro atoms. The van der Waals surface area contributed by atoms with E-state index in [1.807, 2.05) is 0 Å². The van der Waals surface area contributed by atoms with Crippen molar-refractivity contribution in [2.75, 3.05) is 0 Å². The smallest absolute Gasteiger partial charge is 0.475 e. The number of pyridine rings is 1. The molecule has 1 aromatic heterocycles. The highest BCUT2D eigenvalue weighted by atomic mass is 19.4. The summed E-state index contributed by atoms with van der Waals surface area (Å²) in [6.07, 6.45) is 0.452. The van der Waals surface area contributed by atoms with Gasteiger partial charge in [0.05, 0.1) is 0 Å². The second-order valence-electron chi connectivity index (χ2n) is 7.32. The van der Waals surface area contributed by atoms with Crippen molar-refractivity contribution in [2.24, 2.45) is 0 Å². The lowest BCUT2D eigenvalue weighted by molar-refractivity contribution is -0.695. The molecule has 4 aromatic rings. The first kappa shape index (κ1) is 23.7. The van der Waals surface area contributed by atoms with E-state index in [0.29, 0.717) is 0 Å². The number of hydrogen-bond donors (Lipinski definition) is 1. The molecule has 0 aliphatic rings. The van der Waals surface area contributed by atoms with Gasteiger partial charge in [-0.15, -0.1) is 0 Å². The molecule has 3 nitrogen and oxygen atoms in total. The average Bonchev–Trinajstić information content (AvgIpc) is 2.84. The van der Waals surface area contributed by atoms with Crippen LogP contribution < -0.4 is 4.57 Å². The highest BCUT2D eigenvalue weighted by molar-refractivity contribution is 5.73. The lowest BCUT2D eigenvalue weighted by Gasteiger charge is -2.07. The van der Waals surface area contributed by atoms with Crippen LogP contribution in [0, 0.1) is 0 Å². The summed E-state index contributed by atoms with van der Waals surface area (Å²) < 4.78 is 34.1. The number of benzene rings is 3. The maximum Gasteiger partial charge on any atom is 0.490 e. The van der Waals surface area contributed by atoms with Crippen molar-refractivity contribution in [1.29, 1.82) is 0 Å². The molecule has 4 rings (SSSR count). The van der Waals surface area contributed by atoms with Gasteiger partial charge in [0, 0.05) is 17.5 Å². The highest BCUT2D eigenvalue weighted by Crippen LogP contribution is 2.24. The molecule has 33 heavy (non-hydrogen) atoms. The van der Waals surface area contributed by atoms with Gasteiger partial charge in [-0.25, -0.2) is 9.36 Å². The van der Waals surface area contributed by atoms with E-state index < -0.39 is 12.1 Å². The van der Waals surface area contributed by atoms with Crippen LogP contribution in [0.25, 0.3) is 22.3 Å². The van der Waals surface area contributed by atoms with Crippen molar-refractivity contribution in [1.82, 2.24) is 0 Å². The summed E-state index contributed by atoms with van der Waals surface area (Å²) >= 11 is 0. The zero-order valence-corrected chi connectivity index (χ0v) is 17.7. The van der Waals surface area contributed by atoms with Gasteiger partial charge in [0.1, 0.15) is 0 Å². The van der Waals surface area contributed by atoms with E-state index >= 15 is 0 Å². The van der Waals surface area contributed by atoms with Gasteiger partial charge in [0.25, 0.3) is 0 Å². The zero-order chi connectivity index (χ0) is 23.7. The van der Waals surface area contributed by atoms with E-state index in [1.54, 1.807) is 0 Å². The molecule has 0 saturated carbocycles. The van der Waals surface area contributed by atoms with Crippen LogP contribution in [0.3, 0.4) is 0 Å². The Labute approximate surface area is 190 Å². The van der Waals surface area contributed by atoms with Crippen molar-refractivity contribution < 1.29 is 27.6 Å². The second kappa shape index (κ2) is 11.1. The largest absolute Gasteiger partial charge is 0.490 e. The first-order valence-corrected chi connectivity index (χ1v) is 10.3. The highest BCUT2D eigenvalue weighted by Gasteiger charge is 2.38. The molecule has 0 radical (unpaired) electrons. The molecule has 0 fully saturated rings. The second-order valence-corrected chi connectivity index (χ2v) is 7.32. The molecular weight excluding hydrogens is 427 g/mol. The Morgan fingerprint density at radius 1 is 0.697 bits per heavy atom. The SMILES string of the molecule is O=C(O)C(F)(F)F.c1ccc(CC[n+]2cc(-c3ccccc3)cc(-c3ccccc3)c2)cc1. The summed E-state index contributed by atoms with van der Waals surface area (Å²) in [6, 6.07) is 34.2. The van der Waals surface area contributed by atoms with E-state index in [2.05, 4.69) is 114 Å². The van der Waals surface area contributed by atoms with Gasteiger partial charge in [-0.3, -0.25) is 0 Å². The summed E-state index contributed by atoms with van der Waals surface area (Å²) in [4.78, 5) is 8.90. The van der Waals surface area contributed by atoms with E-state index in [-0.39, 0.29) is 0 Å². The lowest BCUT2D eigenvalue weighted by Crippen LogP contribution is -2.34. The minimum absolute atomic E-state index is 0.963. The zero-order valence-electron chi connectivity index (χ0n) is 17.7. The normalized spacial score (nSPS) is 10.8. The minimum Gasteiger partial charge on any atom is -0.475 e. The molecule has 0 atom stereocenters. The standard InChI is InChI=1S/C25H22N.C2HF3O2/c1-4-10-21(11-5-1)16-17-26-19-24(22-12-6-2-7-13-22)18-25(20-26)23-14-8-3-9-15-23;3-2(4,5)1(6)7/h1-15,18-20H,16-17H2;(H,6,7)/q+1;. The van der Waals surface area contributed by atoms with Crippen LogP contribution in [0.2, 0.25) is 0 Å². The minimum atomic E-state index is -5.08. The van der Waals surface area contributed by atoms with Crippen molar-refractivity contribution in [3.05, 3.63) is 115 Å². The van der Waals surface area contributed by atoms with E-state index in [0.717, 1.165) is 13.0 Å². The number of halogens is 3. The van der Waals surface area contributed by atoms with Gasteiger partial charge < -0.3 is 5.11 Å². The first-order valence-electron chi connectivity index (χ1n) is 10.3. The van der Waals surface area contributed by atoms with Gasteiger partial charge in [-0.2, -0.15) is 13.2 Å². The number of aliphatic carboxylic acids is 1. The number of carbonyl (C=O) groups is 1. The third-order valence-electron chi connectivity index (χ3n) is 4.88. The summed E-state index contributed by atoms with van der Waals surface area (Å²) in [5, 5.41) is 7.12. The Morgan fingerprint density at radius 2 is 1.09 bits per heavy atom. The van der Waals surface area contributed by atoms with E-state index in [4.69, 9.17) is 9.90 Å². The lowest BCUT2D eigenvalue weighted by atomic mass is 10.0. The van der Waals surface area contributed by atoms with Gasteiger partial charge in [0.2, 0.25) is 0 Å². The molecule has 0 amide bonds. The Hall–Kier alpha value is -3.93. The number of aryl methyl sites for hydroxylation is 2. The molecule has 3 aromatic carbocycles. The third-order valence-corrected chi connectivity index (χ3v) is 4.88. The molecule has 0 bridgehead atoms. The molecule has 168 valence electrons. The fourth-order valence-corrected chi connectivity index (χ4v) is 3.25. The molecule has 0 unspecified atom stereocenters. The number of carboxylic acids is 1. The number of alkyl halides is 3. The maximum atomic E-state index is 10.6. The number of carboxylic acid groups (broad SMARTS) is 1. The Balaban J connectivity index is 0.000000383. The number of rotatable bonds is 5. The maximum absolute atomic E-state index is 10.6. The number of aromatic nitrogens is 1. The Kier molecular flexibility index (Phi) is 7.97. The molecule has 1 N–H and O–H groups in total. The monoisotopic (exact) mass is 450 g/mol. The van der Waals surface area contributed by atoms with Crippen LogP contribution in [0.1, 0.15) is 5.56 Å². The van der Waals surface area contributed by atoms with E-state index in [9.17, 15) is 13.2 Å². The molecular formula is C27H23F3NO2+. The Bertz CT molecular complexity index is 1100. The summed E-state index contributed by atoms with van der Waals surface area (Å²) in [5.41, 5.74) is 6.36. The van der Waals surface area contributed by atoms with Crippen LogP contribution in [0.5, 0.6) is 0 Å². The van der Waals surface area contributed by atoms with Crippen molar-refractivity contribution in [2.45, 2.75) is 19.1 Å². The van der Waals surface area contributed by atoms with Crippen LogP contribution in [-0.4, -0.2) is 17.3 Å². The summed E-state index contributed by atoms with van der Waals surface area (Å²) in [7, 11) is 0. The Morgan fingerprint density at radius 3 is 1.48 bits per heavy atom. The van der Waals surface area contributed by atoms with Crippen LogP contribution >= 0.6 is 0 Å².